The van der Waals surface area contributed by atoms with Gasteiger partial charge in [-0.25, -0.2) is 14.4 Å². The van der Waals surface area contributed by atoms with E-state index in [0.29, 0.717) is 24.3 Å². The van der Waals surface area contributed by atoms with Crippen LogP contribution in [0.3, 0.4) is 0 Å². The number of halogens is 6. The molecule has 0 spiro atoms. The van der Waals surface area contributed by atoms with Crippen LogP contribution in [0, 0.1) is 5.82 Å². The number of nitrogens with one attached hydrogen (secondary N) is 1. The molecule has 1 aromatic heterocycles. The molecule has 2 atom stereocenters. The van der Waals surface area contributed by atoms with Crippen molar-refractivity contribution in [3.63, 3.8) is 0 Å². The van der Waals surface area contributed by atoms with E-state index in [4.69, 9.17) is 4.74 Å². The molecule has 1 amide bonds. The maximum Gasteiger partial charge on any atom is 0.416 e. The van der Waals surface area contributed by atoms with E-state index in [9.17, 15) is 31.1 Å². The number of anilines is 1. The number of nitrogens with zero attached hydrogens (tertiary/aromatic N) is 3. The summed E-state index contributed by atoms with van der Waals surface area (Å²) in [7, 11) is 0. The summed E-state index contributed by atoms with van der Waals surface area (Å²) in [5, 5.41) is 2.73. The molecule has 12 heteroatoms. The van der Waals surface area contributed by atoms with Crippen LogP contribution >= 0.6 is 0 Å². The summed E-state index contributed by atoms with van der Waals surface area (Å²) in [6.07, 6.45) is -5.40. The predicted octanol–water partition coefficient (Wildman–Crippen LogP) is 3.97. The predicted molar refractivity (Wildman–Crippen MR) is 101 cm³/mol. The van der Waals surface area contributed by atoms with Gasteiger partial charge in [-0.3, -0.25) is 4.79 Å². The van der Waals surface area contributed by atoms with E-state index >= 15 is 0 Å². The highest BCUT2D eigenvalue weighted by molar-refractivity contribution is 5.87. The standard InChI is InChI=1S/C20H18F6N4O2/c1-2-3-17(31)30-10-15(29-18-27-8-14(21)9-28-18)16(11-30)32-20(25,26)13-6-4-12(5-7-13)19(22,23)24/h2-9,15-16H,10-11H2,1H3,(H,27,28,29)/b3-2+/t15-,16-/m1/s1. The maximum atomic E-state index is 14.7. The minimum atomic E-state index is -4.67. The van der Waals surface area contributed by atoms with Crippen LogP contribution in [-0.2, 0) is 21.8 Å². The molecule has 2 aromatic rings. The molecule has 0 bridgehead atoms. The number of likely N-dealkylation sites (tertiary alicyclic amines) is 1. The minimum absolute atomic E-state index is 0.0440. The Morgan fingerprint density at radius 2 is 1.69 bits per heavy atom. The Labute approximate surface area is 178 Å². The molecular weight excluding hydrogens is 442 g/mol. The van der Waals surface area contributed by atoms with Gasteiger partial charge in [0.15, 0.2) is 5.82 Å². The Morgan fingerprint density at radius 3 is 2.25 bits per heavy atom. The van der Waals surface area contributed by atoms with Crippen molar-refractivity contribution in [2.45, 2.75) is 31.4 Å². The molecule has 1 N–H and O–H groups in total. The molecular formula is C20H18F6N4O2. The molecule has 1 saturated heterocycles. The van der Waals surface area contributed by atoms with Gasteiger partial charge in [-0.15, -0.1) is 0 Å². The van der Waals surface area contributed by atoms with E-state index in [1.807, 2.05) is 0 Å². The van der Waals surface area contributed by atoms with Crippen LogP contribution in [0.5, 0.6) is 0 Å². The molecule has 0 aliphatic carbocycles. The first-order valence-electron chi connectivity index (χ1n) is 9.38. The van der Waals surface area contributed by atoms with E-state index in [2.05, 4.69) is 15.3 Å². The fourth-order valence-corrected chi connectivity index (χ4v) is 3.12. The number of ether oxygens (including phenoxy) is 1. The van der Waals surface area contributed by atoms with Crippen molar-refractivity contribution in [1.82, 2.24) is 14.9 Å². The van der Waals surface area contributed by atoms with Crippen LogP contribution in [0.4, 0.5) is 32.3 Å². The number of amides is 1. The first kappa shape index (κ1) is 23.5. The van der Waals surface area contributed by atoms with Gasteiger partial charge in [0, 0.05) is 13.1 Å². The largest absolute Gasteiger partial charge is 0.416 e. The topological polar surface area (TPSA) is 67.4 Å². The van der Waals surface area contributed by atoms with E-state index in [1.54, 1.807) is 6.92 Å². The van der Waals surface area contributed by atoms with Crippen LogP contribution in [0.25, 0.3) is 0 Å². The second-order valence-corrected chi connectivity index (χ2v) is 6.97. The smallest absolute Gasteiger partial charge is 0.347 e. The molecule has 0 radical (unpaired) electrons. The van der Waals surface area contributed by atoms with Crippen molar-refractivity contribution in [1.29, 1.82) is 0 Å². The molecule has 2 heterocycles. The highest BCUT2D eigenvalue weighted by Gasteiger charge is 2.44. The number of benzene rings is 1. The van der Waals surface area contributed by atoms with Crippen LogP contribution < -0.4 is 5.32 Å². The van der Waals surface area contributed by atoms with Crippen LogP contribution in [0.15, 0.2) is 48.8 Å². The minimum Gasteiger partial charge on any atom is -0.347 e. The Kier molecular flexibility index (Phi) is 6.72. The first-order valence-corrected chi connectivity index (χ1v) is 9.38. The lowest BCUT2D eigenvalue weighted by Gasteiger charge is -2.25. The summed E-state index contributed by atoms with van der Waals surface area (Å²) in [5.74, 6) is -1.21. The first-order chi connectivity index (χ1) is 15.0. The molecule has 6 nitrogen and oxygen atoms in total. The lowest BCUT2D eigenvalue weighted by molar-refractivity contribution is -0.271. The molecule has 1 aliphatic rings. The van der Waals surface area contributed by atoms with Gasteiger partial charge in [0.2, 0.25) is 11.9 Å². The maximum absolute atomic E-state index is 14.7. The lowest BCUT2D eigenvalue weighted by atomic mass is 10.1. The third-order valence-electron chi connectivity index (χ3n) is 4.67. The zero-order chi connectivity index (χ0) is 23.5. The number of aromatic nitrogens is 2. The average molecular weight is 460 g/mol. The van der Waals surface area contributed by atoms with E-state index < -0.39 is 47.3 Å². The van der Waals surface area contributed by atoms with Gasteiger partial charge in [-0.2, -0.15) is 22.0 Å². The molecule has 1 fully saturated rings. The Morgan fingerprint density at radius 1 is 1.09 bits per heavy atom. The number of rotatable bonds is 6. The monoisotopic (exact) mass is 460 g/mol. The van der Waals surface area contributed by atoms with E-state index in [0.717, 1.165) is 12.4 Å². The number of alkyl halides is 5. The van der Waals surface area contributed by atoms with Crippen LogP contribution in [0.1, 0.15) is 18.1 Å². The third-order valence-corrected chi connectivity index (χ3v) is 4.67. The highest BCUT2D eigenvalue weighted by atomic mass is 19.4. The fraction of sp³-hybridized carbons (Fsp3) is 0.350. The van der Waals surface area contributed by atoms with E-state index in [1.165, 1.54) is 17.1 Å². The summed E-state index contributed by atoms with van der Waals surface area (Å²) in [6.45, 7) is 1.35. The Balaban J connectivity index is 1.80. The normalized spacial score (nSPS) is 19.5. The number of carbonyl (C=O) groups is 1. The van der Waals surface area contributed by atoms with Gasteiger partial charge in [-0.1, -0.05) is 6.08 Å². The second-order valence-electron chi connectivity index (χ2n) is 6.97. The average Bonchev–Trinajstić information content (AvgIpc) is 3.11. The second kappa shape index (κ2) is 9.15. The molecule has 0 saturated carbocycles. The van der Waals surface area contributed by atoms with Crippen LogP contribution in [-0.4, -0.2) is 46.0 Å². The van der Waals surface area contributed by atoms with Crippen molar-refractivity contribution in [3.8, 4) is 0 Å². The molecule has 3 rings (SSSR count). The van der Waals surface area contributed by atoms with Crippen molar-refractivity contribution < 1.29 is 35.9 Å². The molecule has 1 aromatic carbocycles. The number of carbonyl (C=O) groups excluding carboxylic acids is 1. The SMILES string of the molecule is C/C=C/C(=O)N1C[C@@H](Nc2ncc(F)cn2)[C@H](OC(F)(F)c2ccc(C(F)(F)F)cc2)C1. The van der Waals surface area contributed by atoms with E-state index in [-0.39, 0.29) is 19.0 Å². The molecule has 1 aliphatic heterocycles. The molecule has 172 valence electrons. The van der Waals surface area contributed by atoms with Crippen LogP contribution in [0.2, 0.25) is 0 Å². The van der Waals surface area contributed by atoms with Crippen molar-refractivity contribution in [2.75, 3.05) is 18.4 Å². The summed E-state index contributed by atoms with van der Waals surface area (Å²) in [6, 6.07) is 1.43. The van der Waals surface area contributed by atoms with Gasteiger partial charge in [-0.05, 0) is 37.3 Å². The fourth-order valence-electron chi connectivity index (χ4n) is 3.12. The Bertz CT molecular complexity index is 964. The Hall–Kier alpha value is -3.15. The third kappa shape index (κ3) is 5.55. The zero-order valence-electron chi connectivity index (χ0n) is 16.6. The highest BCUT2D eigenvalue weighted by Crippen LogP contribution is 2.36. The van der Waals surface area contributed by atoms with Gasteiger partial charge in [0.05, 0.1) is 29.6 Å². The van der Waals surface area contributed by atoms with Crippen molar-refractivity contribution in [3.05, 3.63) is 65.8 Å². The summed E-state index contributed by atoms with van der Waals surface area (Å²) < 4.78 is 85.6. The summed E-state index contributed by atoms with van der Waals surface area (Å²) >= 11 is 0. The summed E-state index contributed by atoms with van der Waals surface area (Å²) in [5.41, 5.74) is -1.85. The zero-order valence-corrected chi connectivity index (χ0v) is 16.6. The van der Waals surface area contributed by atoms with Gasteiger partial charge in [0.25, 0.3) is 0 Å². The number of allylic oxidation sites excluding steroid dienone is 1. The molecule has 0 unspecified atom stereocenters. The van der Waals surface area contributed by atoms with Crippen molar-refractivity contribution >= 4 is 11.9 Å². The number of hydrogen-bond donors (Lipinski definition) is 1. The molecule has 32 heavy (non-hydrogen) atoms. The number of hydrogen-bond acceptors (Lipinski definition) is 5. The van der Waals surface area contributed by atoms with Gasteiger partial charge in [0.1, 0.15) is 6.10 Å². The lowest BCUT2D eigenvalue weighted by Crippen LogP contribution is -2.39. The van der Waals surface area contributed by atoms with Gasteiger partial charge >= 0.3 is 12.3 Å². The summed E-state index contributed by atoms with van der Waals surface area (Å²) in [4.78, 5) is 20.9. The van der Waals surface area contributed by atoms with Gasteiger partial charge < -0.3 is 15.0 Å². The van der Waals surface area contributed by atoms with Crippen molar-refractivity contribution in [2.24, 2.45) is 0 Å². The quantitative estimate of drug-likeness (QED) is 0.522.